The first-order valence-corrected chi connectivity index (χ1v) is 17.4. The van der Waals surface area contributed by atoms with Crippen molar-refractivity contribution in [3.8, 4) is 0 Å². The average Bonchev–Trinajstić information content (AvgIpc) is 3.30. The first kappa shape index (κ1) is 35.2. The minimum Gasteiger partial charge on any atom is -0.473 e. The van der Waals surface area contributed by atoms with Gasteiger partial charge in [0.1, 0.15) is 0 Å². The number of anilines is 1. The third kappa shape index (κ3) is 7.29. The molecule has 5 saturated heterocycles. The fourth-order valence-electron chi connectivity index (χ4n) is 8.22. The van der Waals surface area contributed by atoms with E-state index in [4.69, 9.17) is 55.4 Å². The molecule has 8 atom stereocenters. The molecule has 2 bridgehead atoms. The van der Waals surface area contributed by atoms with Gasteiger partial charge in [0.05, 0.1) is 12.1 Å². The number of benzene rings is 1. The van der Waals surface area contributed by atoms with Gasteiger partial charge in [0.25, 0.3) is 0 Å². The van der Waals surface area contributed by atoms with Gasteiger partial charge in [-0.25, -0.2) is 19.4 Å². The van der Waals surface area contributed by atoms with Gasteiger partial charge in [0.15, 0.2) is 18.2 Å². The van der Waals surface area contributed by atoms with Gasteiger partial charge in [0.2, 0.25) is 5.79 Å². The molecule has 0 radical (unpaired) electrons. The molecular weight excluding hydrogens is 644 g/mol. The fourth-order valence-corrected chi connectivity index (χ4v) is 8.39. The van der Waals surface area contributed by atoms with Crippen molar-refractivity contribution >= 4 is 40.1 Å². The first-order valence-electron chi connectivity index (χ1n) is 17.0. The van der Waals surface area contributed by atoms with Crippen LogP contribution < -0.4 is 5.32 Å². The Hall–Kier alpha value is -2.62. The lowest BCUT2D eigenvalue weighted by Gasteiger charge is -2.60. The van der Waals surface area contributed by atoms with Crippen LogP contribution in [0.5, 0.6) is 0 Å². The molecule has 5 aliphatic heterocycles. The topological polar surface area (TPSA) is 152 Å². The molecule has 3 N–H and O–H groups in total. The van der Waals surface area contributed by atoms with Crippen molar-refractivity contribution in [3.63, 3.8) is 0 Å². The number of hydrogen-bond donors (Lipinski definition) is 3. The summed E-state index contributed by atoms with van der Waals surface area (Å²) in [6, 6.07) is 7.90. The molecule has 1 aromatic carbocycles. The van der Waals surface area contributed by atoms with E-state index in [0.717, 1.165) is 81.7 Å². The normalized spacial score (nSPS) is 34.8. The average molecular weight is 691 g/mol. The number of piperazine rings is 1. The van der Waals surface area contributed by atoms with Crippen LogP contribution in [0, 0.1) is 23.7 Å². The van der Waals surface area contributed by atoms with E-state index >= 15 is 0 Å². The van der Waals surface area contributed by atoms with Crippen molar-refractivity contribution in [1.29, 1.82) is 0 Å². The molecule has 1 saturated carbocycles. The molecule has 0 unspecified atom stereocenters. The van der Waals surface area contributed by atoms with E-state index in [9.17, 15) is 0 Å². The number of rotatable bonds is 8. The van der Waals surface area contributed by atoms with E-state index in [2.05, 4.69) is 33.9 Å². The lowest BCUT2D eigenvalue weighted by Crippen LogP contribution is -2.70. The van der Waals surface area contributed by atoms with Gasteiger partial charge < -0.3 is 29.7 Å². The Kier molecular flexibility index (Phi) is 10.8. The van der Waals surface area contributed by atoms with Crippen LogP contribution in [0.1, 0.15) is 46.5 Å². The number of aliphatic carboxylic acids is 2. The monoisotopic (exact) mass is 690 g/mol. The molecule has 6 heterocycles. The highest BCUT2D eigenvalue weighted by Gasteiger charge is 2.69. The number of carboxylic acids is 2. The Balaban J connectivity index is 0.000000615. The van der Waals surface area contributed by atoms with Crippen molar-refractivity contribution in [2.75, 3.05) is 57.7 Å². The van der Waals surface area contributed by atoms with Crippen LogP contribution in [0.25, 0.3) is 10.9 Å². The molecule has 2 aromatic rings. The summed E-state index contributed by atoms with van der Waals surface area (Å²) in [4.78, 5) is 39.9. The zero-order valence-corrected chi connectivity index (χ0v) is 28.6. The third-order valence-corrected chi connectivity index (χ3v) is 11.1. The van der Waals surface area contributed by atoms with Crippen molar-refractivity contribution < 1.29 is 43.8 Å². The summed E-state index contributed by atoms with van der Waals surface area (Å²) in [5.41, 5.74) is 1.49. The van der Waals surface area contributed by atoms with Gasteiger partial charge in [-0.3, -0.25) is 14.8 Å². The molecule has 1 aromatic heterocycles. The van der Waals surface area contributed by atoms with Gasteiger partial charge in [-0.2, -0.15) is 0 Å². The summed E-state index contributed by atoms with van der Waals surface area (Å²) >= 11 is 6.14. The van der Waals surface area contributed by atoms with E-state index in [1.54, 1.807) is 0 Å². The molecule has 264 valence electrons. The second-order valence-corrected chi connectivity index (χ2v) is 14.3. The Morgan fingerprint density at radius 1 is 1.02 bits per heavy atom. The predicted molar refractivity (Wildman–Crippen MR) is 176 cm³/mol. The molecule has 1 spiro atoms. The van der Waals surface area contributed by atoms with Gasteiger partial charge in [-0.15, -0.1) is 0 Å². The second-order valence-electron chi connectivity index (χ2n) is 13.9. The van der Waals surface area contributed by atoms with E-state index in [1.807, 2.05) is 37.4 Å². The second kappa shape index (κ2) is 14.7. The van der Waals surface area contributed by atoms with E-state index in [0.29, 0.717) is 29.4 Å². The van der Waals surface area contributed by atoms with E-state index in [1.165, 1.54) is 6.42 Å². The molecule has 6 aliphatic rings. The molecular formula is C34H47ClN4O9. The van der Waals surface area contributed by atoms with Crippen LogP contribution in [-0.4, -0.2) is 113 Å². The molecule has 13 nitrogen and oxygen atoms in total. The fraction of sp³-hybridized carbons (Fsp3) is 0.676. The number of nitrogens with one attached hydrogen (secondary N) is 1. The molecule has 6 fully saturated rings. The van der Waals surface area contributed by atoms with Crippen molar-refractivity contribution in [3.05, 3.63) is 35.5 Å². The molecule has 0 amide bonds. The number of aromatic nitrogens is 1. The maximum atomic E-state index is 9.10. The third-order valence-electron chi connectivity index (χ3n) is 10.9. The van der Waals surface area contributed by atoms with E-state index < -0.39 is 29.6 Å². The SMILES string of the molecule is C[C@H]1[C@@H](OCCN2CCN(CCNc3ccnc4cc(Cl)ccc34)CC2)O[C@@H]2O[C@@]3(C)CC[C@H]4[C@H](C)CC[C@@H]1[C@@]24OO3.O=C(O)C(=O)O. The first-order chi connectivity index (χ1) is 23.0. The maximum absolute atomic E-state index is 9.10. The smallest absolute Gasteiger partial charge is 0.414 e. The molecule has 14 heteroatoms. The number of carbonyl (C=O) groups is 2. The van der Waals surface area contributed by atoms with Crippen molar-refractivity contribution in [2.45, 2.75) is 70.4 Å². The lowest BCUT2D eigenvalue weighted by molar-refractivity contribution is -0.577. The summed E-state index contributed by atoms with van der Waals surface area (Å²) in [6.07, 6.45) is 5.26. The summed E-state index contributed by atoms with van der Waals surface area (Å²) in [6.45, 7) is 14.2. The summed E-state index contributed by atoms with van der Waals surface area (Å²) in [5, 5.41) is 20.2. The molecule has 1 aliphatic carbocycles. The standard InChI is InChI=1S/C32H45ClN4O5.C2H2O4/c1-21-4-7-26-22(2)29(39-30-32(26)25(21)8-10-31(3,40-30)41-42-32)38-19-18-37-16-14-36(15-17-37)13-12-35-27-9-11-34-28-20-23(33)5-6-24(27)28;3-1(4)2(5)6/h5-6,9,11,20-22,25-26,29-30H,4,7-8,10,12-19H2,1-3H3,(H,34,35);(H,3,4)(H,5,6)/t21-,22-,25+,26+,29+,30-,31-,32-;/m1./s1. The Morgan fingerprint density at radius 2 is 1.75 bits per heavy atom. The Morgan fingerprint density at radius 3 is 2.48 bits per heavy atom. The summed E-state index contributed by atoms with van der Waals surface area (Å²) in [7, 11) is 0. The van der Waals surface area contributed by atoms with Crippen LogP contribution in [-0.2, 0) is 33.6 Å². The minimum absolute atomic E-state index is 0.213. The van der Waals surface area contributed by atoms with Crippen molar-refractivity contribution in [2.24, 2.45) is 23.7 Å². The zero-order valence-electron chi connectivity index (χ0n) is 27.8. The predicted octanol–water partition coefficient (Wildman–Crippen LogP) is 4.30. The number of nitrogens with zero attached hydrogens (tertiary/aromatic N) is 3. The molecule has 48 heavy (non-hydrogen) atoms. The van der Waals surface area contributed by atoms with Crippen LogP contribution in [0.2, 0.25) is 5.02 Å². The number of carboxylic acid groups (broad SMARTS) is 2. The quantitative estimate of drug-likeness (QED) is 0.267. The highest BCUT2D eigenvalue weighted by atomic mass is 35.5. The minimum atomic E-state index is -1.82. The number of fused-ring (bicyclic) bond motifs is 3. The highest BCUT2D eigenvalue weighted by Crippen LogP contribution is 2.60. The van der Waals surface area contributed by atoms with Gasteiger partial charge in [0, 0.05) is 86.4 Å². The van der Waals surface area contributed by atoms with Crippen molar-refractivity contribution in [1.82, 2.24) is 14.8 Å². The number of halogens is 1. The zero-order chi connectivity index (χ0) is 34.1. The summed E-state index contributed by atoms with van der Waals surface area (Å²) < 4.78 is 19.5. The number of hydrogen-bond acceptors (Lipinski definition) is 11. The van der Waals surface area contributed by atoms with E-state index in [-0.39, 0.29) is 12.2 Å². The van der Waals surface area contributed by atoms with Crippen LogP contribution in [0.4, 0.5) is 5.69 Å². The number of ether oxygens (including phenoxy) is 3. The van der Waals surface area contributed by atoms with Gasteiger partial charge >= 0.3 is 11.9 Å². The Labute approximate surface area is 285 Å². The van der Waals surface area contributed by atoms with Crippen LogP contribution in [0.15, 0.2) is 30.5 Å². The Bertz CT molecular complexity index is 1450. The van der Waals surface area contributed by atoms with Crippen LogP contribution >= 0.6 is 11.6 Å². The van der Waals surface area contributed by atoms with Crippen LogP contribution in [0.3, 0.4) is 0 Å². The largest absolute Gasteiger partial charge is 0.473 e. The van der Waals surface area contributed by atoms with Gasteiger partial charge in [-0.05, 0) is 62.3 Å². The number of pyridine rings is 1. The lowest BCUT2D eigenvalue weighted by atomic mass is 9.58. The van der Waals surface area contributed by atoms with Gasteiger partial charge in [-0.1, -0.05) is 25.4 Å². The molecule has 8 rings (SSSR count). The highest BCUT2D eigenvalue weighted by molar-refractivity contribution is 6.31. The maximum Gasteiger partial charge on any atom is 0.414 e. The summed E-state index contributed by atoms with van der Waals surface area (Å²) in [5.74, 6) is -2.95.